The maximum atomic E-state index is 12.6. The Kier molecular flexibility index (Phi) is 6.54. The van der Waals surface area contributed by atoms with Crippen LogP contribution in [-0.4, -0.2) is 53.9 Å². The second-order valence-electron chi connectivity index (χ2n) is 7.61. The van der Waals surface area contributed by atoms with Crippen molar-refractivity contribution in [3.8, 4) is 5.75 Å². The van der Waals surface area contributed by atoms with Gasteiger partial charge in [0.15, 0.2) is 0 Å². The molecule has 7 nitrogen and oxygen atoms in total. The fourth-order valence-electron chi connectivity index (χ4n) is 3.95. The molecular weight excluding hydrogens is 358 g/mol. The maximum absolute atomic E-state index is 12.6. The molecule has 4 amide bonds. The normalized spacial score (nSPS) is 20.2. The molecular formula is C21H29N3O4. The lowest BCUT2D eigenvalue weighted by atomic mass is 9.94. The molecule has 1 aliphatic carbocycles. The number of carbonyl (C=O) groups is 3. The molecule has 1 saturated heterocycles. The van der Waals surface area contributed by atoms with Crippen LogP contribution < -0.4 is 10.1 Å². The summed E-state index contributed by atoms with van der Waals surface area (Å²) in [5.74, 6) is 0.496. The van der Waals surface area contributed by atoms with E-state index in [0.717, 1.165) is 24.2 Å². The van der Waals surface area contributed by atoms with Gasteiger partial charge >= 0.3 is 6.03 Å². The van der Waals surface area contributed by atoms with Gasteiger partial charge in [-0.25, -0.2) is 4.79 Å². The van der Waals surface area contributed by atoms with Crippen molar-refractivity contribution in [2.24, 2.45) is 0 Å². The number of rotatable bonds is 7. The summed E-state index contributed by atoms with van der Waals surface area (Å²) in [6.07, 6.45) is 6.28. The first-order valence-electron chi connectivity index (χ1n) is 10.00. The van der Waals surface area contributed by atoms with E-state index >= 15 is 0 Å². The molecule has 2 fully saturated rings. The van der Waals surface area contributed by atoms with Crippen molar-refractivity contribution in [1.29, 1.82) is 0 Å². The molecule has 152 valence electrons. The zero-order valence-electron chi connectivity index (χ0n) is 16.6. The average Bonchev–Trinajstić information content (AvgIpc) is 3.00. The number of hydrogen-bond donors (Lipinski definition) is 1. The van der Waals surface area contributed by atoms with Gasteiger partial charge in [0.2, 0.25) is 5.91 Å². The van der Waals surface area contributed by atoms with Crippen molar-refractivity contribution in [2.45, 2.75) is 63.6 Å². The molecule has 1 aromatic rings. The van der Waals surface area contributed by atoms with Gasteiger partial charge in [-0.15, -0.1) is 0 Å². The molecule has 28 heavy (non-hydrogen) atoms. The Morgan fingerprint density at radius 1 is 1.18 bits per heavy atom. The number of benzene rings is 1. The lowest BCUT2D eigenvalue weighted by Gasteiger charge is -2.31. The monoisotopic (exact) mass is 387 g/mol. The minimum Gasteiger partial charge on any atom is -0.497 e. The van der Waals surface area contributed by atoms with Crippen LogP contribution in [0.3, 0.4) is 0 Å². The molecule has 0 aromatic heterocycles. The minimum absolute atomic E-state index is 0.0440. The van der Waals surface area contributed by atoms with E-state index in [1.807, 2.05) is 24.1 Å². The second-order valence-corrected chi connectivity index (χ2v) is 7.61. The molecule has 1 atom stereocenters. The van der Waals surface area contributed by atoms with Gasteiger partial charge in [0.1, 0.15) is 11.8 Å². The van der Waals surface area contributed by atoms with Crippen LogP contribution in [-0.2, 0) is 16.1 Å². The number of hydrogen-bond acceptors (Lipinski definition) is 4. The molecule has 0 radical (unpaired) electrons. The van der Waals surface area contributed by atoms with Crippen LogP contribution in [0.2, 0.25) is 0 Å². The molecule has 1 heterocycles. The van der Waals surface area contributed by atoms with Gasteiger partial charge in [0, 0.05) is 19.5 Å². The highest BCUT2D eigenvalue weighted by Crippen LogP contribution is 2.23. The average molecular weight is 387 g/mol. The Morgan fingerprint density at radius 2 is 1.86 bits per heavy atom. The van der Waals surface area contributed by atoms with Crippen molar-refractivity contribution in [3.63, 3.8) is 0 Å². The van der Waals surface area contributed by atoms with Gasteiger partial charge in [0.05, 0.1) is 13.7 Å². The van der Waals surface area contributed by atoms with Crippen molar-refractivity contribution in [2.75, 3.05) is 14.2 Å². The summed E-state index contributed by atoms with van der Waals surface area (Å²) in [4.78, 5) is 40.4. The van der Waals surface area contributed by atoms with Gasteiger partial charge in [-0.3, -0.25) is 14.5 Å². The predicted octanol–water partition coefficient (Wildman–Crippen LogP) is 2.69. The lowest BCUT2D eigenvalue weighted by Crippen LogP contribution is -2.39. The largest absolute Gasteiger partial charge is 0.497 e. The highest BCUT2D eigenvalue weighted by molar-refractivity contribution is 6.04. The summed E-state index contributed by atoms with van der Waals surface area (Å²) in [6.45, 7) is 0.209. The van der Waals surface area contributed by atoms with Gasteiger partial charge in [-0.2, -0.15) is 0 Å². The number of nitrogens with one attached hydrogen (secondary N) is 1. The van der Waals surface area contributed by atoms with E-state index in [4.69, 9.17) is 4.74 Å². The van der Waals surface area contributed by atoms with E-state index in [0.29, 0.717) is 12.5 Å². The Morgan fingerprint density at radius 3 is 2.50 bits per heavy atom. The van der Waals surface area contributed by atoms with Crippen molar-refractivity contribution >= 4 is 17.8 Å². The minimum atomic E-state index is -0.630. The van der Waals surface area contributed by atoms with E-state index in [1.165, 1.54) is 24.2 Å². The van der Waals surface area contributed by atoms with Crippen LogP contribution in [0.15, 0.2) is 24.3 Å². The van der Waals surface area contributed by atoms with E-state index in [9.17, 15) is 14.4 Å². The van der Waals surface area contributed by atoms with Gasteiger partial charge in [-0.1, -0.05) is 31.4 Å². The third-order valence-electron chi connectivity index (χ3n) is 5.77. The van der Waals surface area contributed by atoms with E-state index in [-0.39, 0.29) is 24.8 Å². The number of imide groups is 1. The van der Waals surface area contributed by atoms with Crippen molar-refractivity contribution in [1.82, 2.24) is 15.1 Å². The zero-order chi connectivity index (χ0) is 20.1. The van der Waals surface area contributed by atoms with Crippen LogP contribution in [0.1, 0.15) is 50.5 Å². The maximum Gasteiger partial charge on any atom is 0.325 e. The molecule has 1 N–H and O–H groups in total. The first-order valence-corrected chi connectivity index (χ1v) is 10.00. The fourth-order valence-corrected chi connectivity index (χ4v) is 3.95. The SMILES string of the molecule is COc1ccc(CN2C(=O)NC(CCC(=O)N(C)C3CCCCC3)C2=O)cc1. The molecule has 1 aliphatic heterocycles. The van der Waals surface area contributed by atoms with E-state index < -0.39 is 12.1 Å². The number of ether oxygens (including phenoxy) is 1. The first-order chi connectivity index (χ1) is 13.5. The van der Waals surface area contributed by atoms with Crippen LogP contribution in [0.5, 0.6) is 5.75 Å². The standard InChI is InChI=1S/C21H29N3O4/c1-23(16-6-4-3-5-7-16)19(25)13-12-18-20(26)24(21(27)22-18)14-15-8-10-17(28-2)11-9-15/h8-11,16,18H,3-7,12-14H2,1-2H3,(H,22,27). The van der Waals surface area contributed by atoms with Gasteiger partial charge in [0.25, 0.3) is 5.91 Å². The number of amides is 4. The smallest absolute Gasteiger partial charge is 0.325 e. The van der Waals surface area contributed by atoms with Crippen LogP contribution in [0.4, 0.5) is 4.79 Å². The Hall–Kier alpha value is -2.57. The molecule has 3 rings (SSSR count). The fraction of sp³-hybridized carbons (Fsp3) is 0.571. The van der Waals surface area contributed by atoms with Gasteiger partial charge in [-0.05, 0) is 37.0 Å². The Balaban J connectivity index is 1.51. The zero-order valence-corrected chi connectivity index (χ0v) is 16.6. The molecule has 1 unspecified atom stereocenters. The molecule has 0 spiro atoms. The summed E-state index contributed by atoms with van der Waals surface area (Å²) in [5, 5.41) is 2.71. The van der Waals surface area contributed by atoms with Crippen LogP contribution in [0.25, 0.3) is 0 Å². The Labute approximate surface area is 166 Å². The van der Waals surface area contributed by atoms with E-state index in [2.05, 4.69) is 5.32 Å². The number of methoxy groups -OCH3 is 1. The summed E-state index contributed by atoms with van der Waals surface area (Å²) >= 11 is 0. The Bertz CT molecular complexity index is 713. The second kappa shape index (κ2) is 9.08. The summed E-state index contributed by atoms with van der Waals surface area (Å²) in [5.41, 5.74) is 0.845. The number of nitrogens with zero attached hydrogens (tertiary/aromatic N) is 2. The predicted molar refractivity (Wildman–Crippen MR) is 105 cm³/mol. The summed E-state index contributed by atoms with van der Waals surface area (Å²) < 4.78 is 5.12. The molecule has 0 bridgehead atoms. The van der Waals surface area contributed by atoms with Crippen molar-refractivity contribution < 1.29 is 19.1 Å². The quantitative estimate of drug-likeness (QED) is 0.730. The first kappa shape index (κ1) is 20.2. The molecule has 1 aromatic carbocycles. The van der Waals surface area contributed by atoms with Gasteiger partial charge < -0.3 is 15.0 Å². The highest BCUT2D eigenvalue weighted by Gasteiger charge is 2.38. The summed E-state index contributed by atoms with van der Waals surface area (Å²) in [6, 6.07) is 6.52. The molecule has 1 saturated carbocycles. The molecule has 2 aliphatic rings. The third kappa shape index (κ3) is 4.64. The van der Waals surface area contributed by atoms with E-state index in [1.54, 1.807) is 19.2 Å². The summed E-state index contributed by atoms with van der Waals surface area (Å²) in [7, 11) is 3.44. The third-order valence-corrected chi connectivity index (χ3v) is 5.77. The van der Waals surface area contributed by atoms with Crippen LogP contribution in [0, 0.1) is 0 Å². The van der Waals surface area contributed by atoms with Crippen LogP contribution >= 0.6 is 0 Å². The van der Waals surface area contributed by atoms with Crippen molar-refractivity contribution in [3.05, 3.63) is 29.8 Å². The topological polar surface area (TPSA) is 79.0 Å². The lowest BCUT2D eigenvalue weighted by molar-refractivity contribution is -0.133. The number of urea groups is 1. The number of carbonyl (C=O) groups excluding carboxylic acids is 3. The molecule has 7 heteroatoms. The highest BCUT2D eigenvalue weighted by atomic mass is 16.5.